The number of likely N-dealkylation sites (tertiary alicyclic amines) is 1. The monoisotopic (exact) mass is 262 g/mol. The lowest BCUT2D eigenvalue weighted by Crippen LogP contribution is -2.33. The summed E-state index contributed by atoms with van der Waals surface area (Å²) in [5, 5.41) is 7.22. The number of ether oxygens (including phenoxy) is 1. The average molecular weight is 262 g/mol. The SMILES string of the molecule is N=Cc1cc(N)c(OCCN2CCCCC2)cc1N. The maximum Gasteiger partial charge on any atom is 0.144 e. The van der Waals surface area contributed by atoms with Gasteiger partial charge in [0.05, 0.1) is 5.69 Å². The molecule has 1 aromatic carbocycles. The van der Waals surface area contributed by atoms with Crippen molar-refractivity contribution in [3.63, 3.8) is 0 Å². The van der Waals surface area contributed by atoms with Crippen molar-refractivity contribution in [1.82, 2.24) is 4.90 Å². The third kappa shape index (κ3) is 3.61. The third-order valence-corrected chi connectivity index (χ3v) is 3.48. The lowest BCUT2D eigenvalue weighted by atomic mass is 10.1. The molecule has 1 fully saturated rings. The first kappa shape index (κ1) is 13.7. The van der Waals surface area contributed by atoms with Crippen molar-refractivity contribution in [2.24, 2.45) is 0 Å². The Balaban J connectivity index is 1.88. The van der Waals surface area contributed by atoms with Gasteiger partial charge in [-0.05, 0) is 32.0 Å². The highest BCUT2D eigenvalue weighted by molar-refractivity contribution is 5.87. The van der Waals surface area contributed by atoms with Gasteiger partial charge in [0.2, 0.25) is 0 Å². The van der Waals surface area contributed by atoms with Gasteiger partial charge in [0, 0.05) is 30.1 Å². The van der Waals surface area contributed by atoms with E-state index in [0.717, 1.165) is 19.6 Å². The number of anilines is 2. The van der Waals surface area contributed by atoms with E-state index in [0.29, 0.717) is 29.3 Å². The topological polar surface area (TPSA) is 88.4 Å². The summed E-state index contributed by atoms with van der Waals surface area (Å²) in [4.78, 5) is 2.41. The summed E-state index contributed by atoms with van der Waals surface area (Å²) in [5.41, 5.74) is 13.4. The van der Waals surface area contributed by atoms with Crippen LogP contribution in [0.5, 0.6) is 5.75 Å². The quantitative estimate of drug-likeness (QED) is 0.557. The minimum atomic E-state index is 0.525. The van der Waals surface area contributed by atoms with Crippen molar-refractivity contribution in [2.45, 2.75) is 19.3 Å². The molecule has 1 aromatic rings. The van der Waals surface area contributed by atoms with Crippen LogP contribution in [0.25, 0.3) is 0 Å². The van der Waals surface area contributed by atoms with Gasteiger partial charge in [0.1, 0.15) is 12.4 Å². The number of piperidine rings is 1. The maximum absolute atomic E-state index is 7.22. The first-order valence-corrected chi connectivity index (χ1v) is 6.75. The summed E-state index contributed by atoms with van der Waals surface area (Å²) < 4.78 is 5.70. The molecule has 5 heteroatoms. The molecule has 19 heavy (non-hydrogen) atoms. The molecule has 0 aromatic heterocycles. The van der Waals surface area contributed by atoms with Crippen molar-refractivity contribution in [1.29, 1.82) is 5.41 Å². The van der Waals surface area contributed by atoms with E-state index in [1.165, 1.54) is 25.5 Å². The molecule has 0 aliphatic carbocycles. The Kier molecular flexibility index (Phi) is 4.63. The van der Waals surface area contributed by atoms with Crippen LogP contribution in [0.2, 0.25) is 0 Å². The van der Waals surface area contributed by atoms with Crippen molar-refractivity contribution < 1.29 is 4.74 Å². The van der Waals surface area contributed by atoms with Gasteiger partial charge in [0.15, 0.2) is 0 Å². The van der Waals surface area contributed by atoms with Crippen LogP contribution < -0.4 is 16.2 Å². The number of hydrogen-bond acceptors (Lipinski definition) is 5. The largest absolute Gasteiger partial charge is 0.490 e. The Morgan fingerprint density at radius 3 is 2.58 bits per heavy atom. The second-order valence-electron chi connectivity index (χ2n) is 4.91. The molecular weight excluding hydrogens is 240 g/mol. The van der Waals surface area contributed by atoms with Crippen LogP contribution in [-0.4, -0.2) is 37.4 Å². The Labute approximate surface area is 114 Å². The fourth-order valence-electron chi connectivity index (χ4n) is 2.35. The molecule has 0 bridgehead atoms. The van der Waals surface area contributed by atoms with Gasteiger partial charge >= 0.3 is 0 Å². The van der Waals surface area contributed by atoms with E-state index in [-0.39, 0.29) is 0 Å². The van der Waals surface area contributed by atoms with Crippen LogP contribution >= 0.6 is 0 Å². The molecule has 0 unspecified atom stereocenters. The van der Waals surface area contributed by atoms with Gasteiger partial charge in [-0.2, -0.15) is 0 Å². The fourth-order valence-corrected chi connectivity index (χ4v) is 2.35. The molecule has 0 spiro atoms. The van der Waals surface area contributed by atoms with Crippen LogP contribution in [0.15, 0.2) is 12.1 Å². The van der Waals surface area contributed by atoms with Gasteiger partial charge in [-0.1, -0.05) is 6.42 Å². The van der Waals surface area contributed by atoms with E-state index in [4.69, 9.17) is 21.6 Å². The summed E-state index contributed by atoms with van der Waals surface area (Å²) >= 11 is 0. The van der Waals surface area contributed by atoms with Crippen LogP contribution in [0.4, 0.5) is 11.4 Å². The lowest BCUT2D eigenvalue weighted by Gasteiger charge is -2.26. The predicted molar refractivity (Wildman–Crippen MR) is 78.9 cm³/mol. The number of benzene rings is 1. The van der Waals surface area contributed by atoms with Crippen molar-refractivity contribution in [3.8, 4) is 5.75 Å². The lowest BCUT2D eigenvalue weighted by molar-refractivity contribution is 0.184. The first-order valence-electron chi connectivity index (χ1n) is 6.75. The molecule has 5 nitrogen and oxygen atoms in total. The summed E-state index contributed by atoms with van der Waals surface area (Å²) in [7, 11) is 0. The molecular formula is C14H22N4O. The molecule has 0 atom stereocenters. The molecule has 0 amide bonds. The zero-order chi connectivity index (χ0) is 13.7. The average Bonchev–Trinajstić information content (AvgIpc) is 2.43. The molecule has 1 aliphatic rings. The van der Waals surface area contributed by atoms with Crippen LogP contribution in [0.3, 0.4) is 0 Å². The Hall–Kier alpha value is -1.75. The summed E-state index contributed by atoms with van der Waals surface area (Å²) in [5.74, 6) is 0.611. The van der Waals surface area contributed by atoms with Crippen LogP contribution in [0, 0.1) is 5.41 Å². The predicted octanol–water partition coefficient (Wildman–Crippen LogP) is 1.71. The van der Waals surface area contributed by atoms with Crippen molar-refractivity contribution in [3.05, 3.63) is 17.7 Å². The fraction of sp³-hybridized carbons (Fsp3) is 0.500. The Morgan fingerprint density at radius 2 is 1.89 bits per heavy atom. The Bertz CT molecular complexity index is 441. The first-order chi connectivity index (χ1) is 9.20. The van der Waals surface area contributed by atoms with Crippen molar-refractivity contribution >= 4 is 17.6 Å². The number of hydrogen-bond donors (Lipinski definition) is 3. The van der Waals surface area contributed by atoms with Gasteiger partial charge in [-0.15, -0.1) is 0 Å². The van der Waals surface area contributed by atoms with E-state index in [2.05, 4.69) is 4.90 Å². The molecule has 5 N–H and O–H groups in total. The molecule has 104 valence electrons. The summed E-state index contributed by atoms with van der Waals surface area (Å²) in [6, 6.07) is 3.38. The molecule has 2 rings (SSSR count). The minimum Gasteiger partial charge on any atom is -0.490 e. The van der Waals surface area contributed by atoms with E-state index < -0.39 is 0 Å². The Morgan fingerprint density at radius 1 is 1.16 bits per heavy atom. The summed E-state index contributed by atoms with van der Waals surface area (Å²) in [6.07, 6.45) is 5.10. The maximum atomic E-state index is 7.22. The third-order valence-electron chi connectivity index (χ3n) is 3.48. The zero-order valence-corrected chi connectivity index (χ0v) is 11.2. The van der Waals surface area contributed by atoms with Gasteiger partial charge < -0.3 is 21.6 Å². The second-order valence-corrected chi connectivity index (χ2v) is 4.91. The van der Waals surface area contributed by atoms with E-state index >= 15 is 0 Å². The van der Waals surface area contributed by atoms with Gasteiger partial charge in [-0.25, -0.2) is 0 Å². The van der Waals surface area contributed by atoms with E-state index in [9.17, 15) is 0 Å². The van der Waals surface area contributed by atoms with E-state index in [1.807, 2.05) is 0 Å². The number of nitrogens with two attached hydrogens (primary N) is 2. The number of rotatable bonds is 5. The standard InChI is InChI=1S/C14H22N4O/c15-10-11-8-13(17)14(9-12(11)16)19-7-6-18-4-2-1-3-5-18/h8-10,15H,1-7,16-17H2. The number of nitrogens with zero attached hydrogens (tertiary/aromatic N) is 1. The van der Waals surface area contributed by atoms with Gasteiger partial charge in [0.25, 0.3) is 0 Å². The highest BCUT2D eigenvalue weighted by Crippen LogP contribution is 2.26. The smallest absolute Gasteiger partial charge is 0.144 e. The molecule has 1 aliphatic heterocycles. The van der Waals surface area contributed by atoms with E-state index in [1.54, 1.807) is 12.1 Å². The molecule has 1 saturated heterocycles. The normalized spacial score (nSPS) is 16.2. The number of nitrogens with one attached hydrogen (secondary N) is 1. The summed E-state index contributed by atoms with van der Waals surface area (Å²) in [6.45, 7) is 3.86. The highest BCUT2D eigenvalue weighted by Gasteiger charge is 2.10. The molecule has 0 saturated carbocycles. The van der Waals surface area contributed by atoms with Crippen LogP contribution in [0.1, 0.15) is 24.8 Å². The van der Waals surface area contributed by atoms with Crippen LogP contribution in [-0.2, 0) is 0 Å². The molecule has 1 heterocycles. The van der Waals surface area contributed by atoms with Gasteiger partial charge in [-0.3, -0.25) is 4.90 Å². The number of nitrogen functional groups attached to an aromatic ring is 2. The minimum absolute atomic E-state index is 0.525. The zero-order valence-electron chi connectivity index (χ0n) is 11.2. The second kappa shape index (κ2) is 6.43. The van der Waals surface area contributed by atoms with Crippen molar-refractivity contribution in [2.75, 3.05) is 37.7 Å². The molecule has 0 radical (unpaired) electrons. The highest BCUT2D eigenvalue weighted by atomic mass is 16.5.